The van der Waals surface area contributed by atoms with Gasteiger partial charge in [-0.25, -0.2) is 0 Å². The lowest BCUT2D eigenvalue weighted by Crippen LogP contribution is -2.06. The fourth-order valence-corrected chi connectivity index (χ4v) is 2.49. The largest absolute Gasteiger partial charge is 0.392 e. The summed E-state index contributed by atoms with van der Waals surface area (Å²) in [6, 6.07) is 8.51. The zero-order valence-electron chi connectivity index (χ0n) is 10.6. The Morgan fingerprint density at radius 3 is 2.89 bits per heavy atom. The standard InChI is InChI=1S/C15H18N2O/c1-11-3-2-4-12(7-11)9-17-15(13-5-6-13)14(10-18)8-16-17/h2-4,7-8,13,18H,5-6,9-10H2,1H3. The van der Waals surface area contributed by atoms with E-state index in [0.29, 0.717) is 5.92 Å². The summed E-state index contributed by atoms with van der Waals surface area (Å²) >= 11 is 0. The van der Waals surface area contributed by atoms with Gasteiger partial charge in [0.25, 0.3) is 0 Å². The van der Waals surface area contributed by atoms with Gasteiger partial charge in [0.15, 0.2) is 0 Å². The molecule has 0 saturated heterocycles. The van der Waals surface area contributed by atoms with Gasteiger partial charge in [-0.15, -0.1) is 0 Å². The van der Waals surface area contributed by atoms with E-state index in [1.54, 1.807) is 0 Å². The van der Waals surface area contributed by atoms with E-state index in [0.717, 1.165) is 12.1 Å². The number of aromatic nitrogens is 2. The van der Waals surface area contributed by atoms with E-state index in [9.17, 15) is 5.11 Å². The minimum atomic E-state index is 0.0969. The zero-order valence-corrected chi connectivity index (χ0v) is 10.6. The first kappa shape index (κ1) is 11.5. The van der Waals surface area contributed by atoms with Gasteiger partial charge >= 0.3 is 0 Å². The van der Waals surface area contributed by atoms with Gasteiger partial charge < -0.3 is 5.11 Å². The normalized spacial score (nSPS) is 15.0. The first-order chi connectivity index (χ1) is 8.78. The van der Waals surface area contributed by atoms with Crippen LogP contribution in [0.2, 0.25) is 0 Å². The van der Waals surface area contributed by atoms with Crippen molar-refractivity contribution in [2.24, 2.45) is 0 Å². The summed E-state index contributed by atoms with van der Waals surface area (Å²) < 4.78 is 2.05. The summed E-state index contributed by atoms with van der Waals surface area (Å²) in [6.45, 7) is 3.00. The van der Waals surface area contributed by atoms with Gasteiger partial charge in [0, 0.05) is 17.2 Å². The maximum absolute atomic E-state index is 9.37. The molecule has 0 spiro atoms. The Morgan fingerprint density at radius 1 is 1.39 bits per heavy atom. The molecule has 0 atom stereocenters. The second-order valence-corrected chi connectivity index (χ2v) is 5.13. The fraction of sp³-hybridized carbons (Fsp3) is 0.400. The molecule has 1 aliphatic rings. The van der Waals surface area contributed by atoms with Crippen molar-refractivity contribution in [3.63, 3.8) is 0 Å². The van der Waals surface area contributed by atoms with Crippen LogP contribution in [0.1, 0.15) is 41.1 Å². The Labute approximate surface area is 107 Å². The van der Waals surface area contributed by atoms with Crippen LogP contribution in [0.3, 0.4) is 0 Å². The summed E-state index contributed by atoms with van der Waals surface area (Å²) in [6.07, 6.45) is 4.27. The molecule has 1 heterocycles. The second kappa shape index (κ2) is 4.58. The third-order valence-corrected chi connectivity index (χ3v) is 3.51. The van der Waals surface area contributed by atoms with Crippen LogP contribution in [-0.2, 0) is 13.2 Å². The Hall–Kier alpha value is -1.61. The highest BCUT2D eigenvalue weighted by atomic mass is 16.3. The van der Waals surface area contributed by atoms with E-state index in [-0.39, 0.29) is 6.61 Å². The van der Waals surface area contributed by atoms with Crippen LogP contribution >= 0.6 is 0 Å². The van der Waals surface area contributed by atoms with Gasteiger partial charge in [0.1, 0.15) is 0 Å². The van der Waals surface area contributed by atoms with E-state index in [1.165, 1.54) is 29.7 Å². The number of aryl methyl sites for hydroxylation is 1. The van der Waals surface area contributed by atoms with E-state index in [2.05, 4.69) is 41.0 Å². The Bertz CT molecular complexity index is 555. The molecule has 0 aliphatic heterocycles. The summed E-state index contributed by atoms with van der Waals surface area (Å²) in [5, 5.41) is 13.8. The lowest BCUT2D eigenvalue weighted by atomic mass is 10.1. The highest BCUT2D eigenvalue weighted by molar-refractivity contribution is 5.27. The monoisotopic (exact) mass is 242 g/mol. The molecule has 2 aromatic rings. The summed E-state index contributed by atoms with van der Waals surface area (Å²) in [4.78, 5) is 0. The molecule has 3 heteroatoms. The maximum atomic E-state index is 9.37. The van der Waals surface area contributed by atoms with Crippen LogP contribution in [0.25, 0.3) is 0 Å². The molecule has 94 valence electrons. The van der Waals surface area contributed by atoms with Gasteiger partial charge in [-0.2, -0.15) is 5.10 Å². The molecule has 1 N–H and O–H groups in total. The summed E-state index contributed by atoms with van der Waals surface area (Å²) in [7, 11) is 0. The molecule has 1 saturated carbocycles. The predicted octanol–water partition coefficient (Wildman–Crippen LogP) is 2.61. The highest BCUT2D eigenvalue weighted by Gasteiger charge is 2.29. The molecule has 0 amide bonds. The van der Waals surface area contributed by atoms with Crippen LogP contribution in [0.5, 0.6) is 0 Å². The van der Waals surface area contributed by atoms with Gasteiger partial charge in [-0.3, -0.25) is 4.68 Å². The Balaban J connectivity index is 1.90. The van der Waals surface area contributed by atoms with E-state index in [1.807, 2.05) is 6.20 Å². The maximum Gasteiger partial charge on any atom is 0.0715 e. The molecule has 3 rings (SSSR count). The molecular weight excluding hydrogens is 224 g/mol. The summed E-state index contributed by atoms with van der Waals surface area (Å²) in [5.74, 6) is 0.611. The van der Waals surface area contributed by atoms with Crippen molar-refractivity contribution < 1.29 is 5.11 Å². The minimum absolute atomic E-state index is 0.0969. The van der Waals surface area contributed by atoms with Crippen LogP contribution in [-0.4, -0.2) is 14.9 Å². The number of benzene rings is 1. The van der Waals surface area contributed by atoms with Crippen molar-refractivity contribution in [1.29, 1.82) is 0 Å². The molecule has 3 nitrogen and oxygen atoms in total. The Kier molecular flexibility index (Phi) is 2.92. The molecule has 1 aromatic carbocycles. The number of aliphatic hydroxyl groups excluding tert-OH is 1. The molecule has 1 aromatic heterocycles. The summed E-state index contributed by atoms with van der Waals surface area (Å²) in [5.41, 5.74) is 4.77. The van der Waals surface area contributed by atoms with Crippen LogP contribution in [0.15, 0.2) is 30.5 Å². The molecular formula is C15H18N2O. The van der Waals surface area contributed by atoms with Crippen molar-refractivity contribution in [1.82, 2.24) is 9.78 Å². The van der Waals surface area contributed by atoms with Crippen LogP contribution in [0.4, 0.5) is 0 Å². The van der Waals surface area contributed by atoms with Crippen molar-refractivity contribution in [3.05, 3.63) is 52.8 Å². The molecule has 1 aliphatic carbocycles. The van der Waals surface area contributed by atoms with E-state index < -0.39 is 0 Å². The highest BCUT2D eigenvalue weighted by Crippen LogP contribution is 2.41. The zero-order chi connectivity index (χ0) is 12.5. The first-order valence-corrected chi connectivity index (χ1v) is 6.49. The van der Waals surface area contributed by atoms with Crippen molar-refractivity contribution in [2.45, 2.75) is 38.8 Å². The van der Waals surface area contributed by atoms with Gasteiger partial charge in [0.2, 0.25) is 0 Å². The first-order valence-electron chi connectivity index (χ1n) is 6.49. The quantitative estimate of drug-likeness (QED) is 0.895. The molecule has 0 unspecified atom stereocenters. The number of nitrogens with zero attached hydrogens (tertiary/aromatic N) is 2. The Morgan fingerprint density at radius 2 is 2.22 bits per heavy atom. The average Bonchev–Trinajstić information content (AvgIpc) is 3.11. The third-order valence-electron chi connectivity index (χ3n) is 3.51. The lowest BCUT2D eigenvalue weighted by molar-refractivity contribution is 0.280. The molecule has 18 heavy (non-hydrogen) atoms. The second-order valence-electron chi connectivity index (χ2n) is 5.13. The smallest absolute Gasteiger partial charge is 0.0715 e. The van der Waals surface area contributed by atoms with Gasteiger partial charge in [-0.1, -0.05) is 29.8 Å². The van der Waals surface area contributed by atoms with Crippen LogP contribution in [0, 0.1) is 6.92 Å². The minimum Gasteiger partial charge on any atom is -0.392 e. The topological polar surface area (TPSA) is 38.0 Å². The van der Waals surface area contributed by atoms with Gasteiger partial charge in [-0.05, 0) is 25.3 Å². The molecule has 0 bridgehead atoms. The molecule has 0 radical (unpaired) electrons. The van der Waals surface area contributed by atoms with Crippen molar-refractivity contribution >= 4 is 0 Å². The lowest BCUT2D eigenvalue weighted by Gasteiger charge is -2.09. The molecule has 1 fully saturated rings. The number of aliphatic hydroxyl groups is 1. The van der Waals surface area contributed by atoms with E-state index >= 15 is 0 Å². The van der Waals surface area contributed by atoms with Crippen molar-refractivity contribution in [3.8, 4) is 0 Å². The number of hydrogen-bond donors (Lipinski definition) is 1. The van der Waals surface area contributed by atoms with E-state index in [4.69, 9.17) is 0 Å². The average molecular weight is 242 g/mol. The predicted molar refractivity (Wildman–Crippen MR) is 70.4 cm³/mol. The number of hydrogen-bond acceptors (Lipinski definition) is 2. The van der Waals surface area contributed by atoms with Gasteiger partial charge in [0.05, 0.1) is 19.3 Å². The fourth-order valence-electron chi connectivity index (χ4n) is 2.49. The third kappa shape index (κ3) is 2.18. The SMILES string of the molecule is Cc1cccc(Cn2ncc(CO)c2C2CC2)c1. The van der Waals surface area contributed by atoms with Crippen LogP contribution < -0.4 is 0 Å². The van der Waals surface area contributed by atoms with Crippen molar-refractivity contribution in [2.75, 3.05) is 0 Å². The number of rotatable bonds is 4.